The van der Waals surface area contributed by atoms with E-state index in [1.165, 1.54) is 0 Å². The van der Waals surface area contributed by atoms with Crippen LogP contribution in [0.1, 0.15) is 0 Å². The summed E-state index contributed by atoms with van der Waals surface area (Å²) in [5, 5.41) is 0. The zero-order valence-corrected chi connectivity index (χ0v) is 13.5. The van der Waals surface area contributed by atoms with E-state index in [2.05, 4.69) is 4.98 Å². The Balaban J connectivity index is 1.99. The fraction of sp³-hybridized carbons (Fsp3) is 0.222. The van der Waals surface area contributed by atoms with E-state index in [1.807, 2.05) is 47.0 Å². The Morgan fingerprint density at radius 3 is 2.74 bits per heavy atom. The lowest BCUT2D eigenvalue weighted by Crippen LogP contribution is -2.25. The topological polar surface area (TPSA) is 47.4 Å². The van der Waals surface area contributed by atoms with Crippen molar-refractivity contribution < 1.29 is 9.53 Å². The number of hydrogen-bond acceptors (Lipinski definition) is 3. The number of nitrogens with zero attached hydrogens (tertiary/aromatic N) is 3. The van der Waals surface area contributed by atoms with E-state index in [9.17, 15) is 4.79 Å². The molecule has 0 bridgehead atoms. The highest BCUT2D eigenvalue weighted by molar-refractivity contribution is 5.85. The second-order valence-electron chi connectivity index (χ2n) is 5.56. The first-order valence-corrected chi connectivity index (χ1v) is 7.38. The number of hydrogen-bond donors (Lipinski definition) is 0. The molecule has 0 radical (unpaired) electrons. The zero-order chi connectivity index (χ0) is 16.4. The highest BCUT2D eigenvalue weighted by Gasteiger charge is 2.11. The quantitative estimate of drug-likeness (QED) is 0.744. The van der Waals surface area contributed by atoms with Crippen molar-refractivity contribution in [3.63, 3.8) is 0 Å². The molecule has 0 fully saturated rings. The van der Waals surface area contributed by atoms with E-state index < -0.39 is 0 Å². The number of imidazole rings is 1. The van der Waals surface area contributed by atoms with E-state index in [0.717, 1.165) is 27.9 Å². The van der Waals surface area contributed by atoms with Crippen LogP contribution in [-0.4, -0.2) is 41.6 Å². The fourth-order valence-electron chi connectivity index (χ4n) is 2.53. The Morgan fingerprint density at radius 1 is 1.22 bits per heavy atom. The van der Waals surface area contributed by atoms with Gasteiger partial charge in [-0.1, -0.05) is 24.3 Å². The van der Waals surface area contributed by atoms with Gasteiger partial charge >= 0.3 is 0 Å². The summed E-state index contributed by atoms with van der Waals surface area (Å²) in [5.41, 5.74) is 3.87. The molecule has 3 rings (SSSR count). The van der Waals surface area contributed by atoms with Crippen LogP contribution >= 0.6 is 0 Å². The molecule has 0 aliphatic rings. The van der Waals surface area contributed by atoms with Crippen LogP contribution < -0.4 is 4.74 Å². The maximum Gasteiger partial charge on any atom is 0.242 e. The van der Waals surface area contributed by atoms with Crippen molar-refractivity contribution in [1.29, 1.82) is 0 Å². The molecule has 5 heteroatoms. The van der Waals surface area contributed by atoms with Gasteiger partial charge in [-0.25, -0.2) is 4.98 Å². The second kappa shape index (κ2) is 6.12. The number of rotatable bonds is 4. The van der Waals surface area contributed by atoms with Crippen LogP contribution in [0.15, 0.2) is 48.8 Å². The highest BCUT2D eigenvalue weighted by Crippen LogP contribution is 2.31. The minimum Gasteiger partial charge on any atom is -0.496 e. The molecule has 2 aromatic carbocycles. The van der Waals surface area contributed by atoms with Gasteiger partial charge in [0.15, 0.2) is 0 Å². The minimum absolute atomic E-state index is 0.0399. The molecule has 0 saturated carbocycles. The number of methoxy groups -OCH3 is 1. The van der Waals surface area contributed by atoms with Crippen LogP contribution in [0.4, 0.5) is 0 Å². The van der Waals surface area contributed by atoms with Gasteiger partial charge in [0.25, 0.3) is 0 Å². The van der Waals surface area contributed by atoms with E-state index in [0.29, 0.717) is 0 Å². The number of amides is 1. The monoisotopic (exact) mass is 309 g/mol. The second-order valence-corrected chi connectivity index (χ2v) is 5.56. The molecule has 0 unspecified atom stereocenters. The molecule has 0 N–H and O–H groups in total. The summed E-state index contributed by atoms with van der Waals surface area (Å²) in [6, 6.07) is 13.9. The maximum absolute atomic E-state index is 11.9. The first-order valence-electron chi connectivity index (χ1n) is 7.38. The third-order valence-corrected chi connectivity index (χ3v) is 3.84. The standard InChI is InChI=1S/C18H19N3O2/c1-20(2)18(22)11-21-12-19-15-10-13(8-9-16(15)21)14-6-4-5-7-17(14)23-3/h4-10,12H,11H2,1-3H3. The van der Waals surface area contributed by atoms with Crippen molar-refractivity contribution in [3.05, 3.63) is 48.8 Å². The summed E-state index contributed by atoms with van der Waals surface area (Å²) in [6.45, 7) is 0.289. The van der Waals surface area contributed by atoms with Crippen LogP contribution in [0, 0.1) is 0 Å². The van der Waals surface area contributed by atoms with Crippen LogP contribution in [-0.2, 0) is 11.3 Å². The molecule has 1 amide bonds. The Morgan fingerprint density at radius 2 is 2.00 bits per heavy atom. The van der Waals surface area contributed by atoms with Gasteiger partial charge in [-0.05, 0) is 23.8 Å². The van der Waals surface area contributed by atoms with Crippen LogP contribution in [0.3, 0.4) is 0 Å². The van der Waals surface area contributed by atoms with Crippen molar-refractivity contribution in [1.82, 2.24) is 14.5 Å². The molecule has 0 saturated heterocycles. The first kappa shape index (κ1) is 15.1. The molecule has 1 heterocycles. The molecule has 0 spiro atoms. The summed E-state index contributed by atoms with van der Waals surface area (Å²) >= 11 is 0. The highest BCUT2D eigenvalue weighted by atomic mass is 16.5. The lowest BCUT2D eigenvalue weighted by Gasteiger charge is -2.11. The number of fused-ring (bicyclic) bond motifs is 1. The Labute approximate surface area is 135 Å². The lowest BCUT2D eigenvalue weighted by molar-refractivity contribution is -0.129. The summed E-state index contributed by atoms with van der Waals surface area (Å²) < 4.78 is 7.28. The number of benzene rings is 2. The van der Waals surface area contributed by atoms with Crippen LogP contribution in [0.25, 0.3) is 22.2 Å². The minimum atomic E-state index is 0.0399. The maximum atomic E-state index is 11.9. The molecule has 0 aliphatic carbocycles. The van der Waals surface area contributed by atoms with Crippen molar-refractivity contribution in [3.8, 4) is 16.9 Å². The molecule has 118 valence electrons. The van der Waals surface area contributed by atoms with E-state index in [-0.39, 0.29) is 12.5 Å². The lowest BCUT2D eigenvalue weighted by atomic mass is 10.0. The molecular weight excluding hydrogens is 290 g/mol. The molecule has 1 aromatic heterocycles. The number of likely N-dealkylation sites (N-methyl/N-ethyl adjacent to an activating group) is 1. The van der Waals surface area contributed by atoms with E-state index >= 15 is 0 Å². The fourth-order valence-corrected chi connectivity index (χ4v) is 2.53. The normalized spacial score (nSPS) is 10.7. The van der Waals surface area contributed by atoms with Crippen molar-refractivity contribution in [2.75, 3.05) is 21.2 Å². The zero-order valence-electron chi connectivity index (χ0n) is 13.5. The predicted octanol–water partition coefficient (Wildman–Crippen LogP) is 2.80. The van der Waals surface area contributed by atoms with Gasteiger partial charge in [0.1, 0.15) is 12.3 Å². The molecule has 3 aromatic rings. The molecule has 5 nitrogen and oxygen atoms in total. The van der Waals surface area contributed by atoms with Gasteiger partial charge < -0.3 is 14.2 Å². The third kappa shape index (κ3) is 2.90. The smallest absolute Gasteiger partial charge is 0.242 e. The number of carbonyl (C=O) groups excluding carboxylic acids is 1. The number of aromatic nitrogens is 2. The molecule has 0 atom stereocenters. The van der Waals surface area contributed by atoms with Gasteiger partial charge in [0.05, 0.1) is 24.5 Å². The van der Waals surface area contributed by atoms with Crippen LogP contribution in [0.2, 0.25) is 0 Å². The summed E-state index contributed by atoms with van der Waals surface area (Å²) in [5.74, 6) is 0.868. The summed E-state index contributed by atoms with van der Waals surface area (Å²) in [6.07, 6.45) is 1.71. The predicted molar refractivity (Wildman–Crippen MR) is 90.4 cm³/mol. The Kier molecular flexibility index (Phi) is 4.02. The van der Waals surface area contributed by atoms with Gasteiger partial charge in [-0.2, -0.15) is 0 Å². The van der Waals surface area contributed by atoms with Crippen molar-refractivity contribution in [2.24, 2.45) is 0 Å². The van der Waals surface area contributed by atoms with Gasteiger partial charge in [0, 0.05) is 19.7 Å². The Bertz CT molecular complexity index is 852. The third-order valence-electron chi connectivity index (χ3n) is 3.84. The van der Waals surface area contributed by atoms with Crippen molar-refractivity contribution in [2.45, 2.75) is 6.54 Å². The summed E-state index contributed by atoms with van der Waals surface area (Å²) in [7, 11) is 5.17. The largest absolute Gasteiger partial charge is 0.496 e. The van der Waals surface area contributed by atoms with Crippen LogP contribution in [0.5, 0.6) is 5.75 Å². The van der Waals surface area contributed by atoms with Gasteiger partial charge in [0.2, 0.25) is 5.91 Å². The molecule has 23 heavy (non-hydrogen) atoms. The molecule has 0 aliphatic heterocycles. The van der Waals surface area contributed by atoms with Gasteiger partial charge in [-0.15, -0.1) is 0 Å². The first-order chi connectivity index (χ1) is 11.1. The SMILES string of the molecule is COc1ccccc1-c1ccc2c(c1)ncn2CC(=O)N(C)C. The summed E-state index contributed by atoms with van der Waals surface area (Å²) in [4.78, 5) is 17.9. The number of ether oxygens (including phenoxy) is 1. The average molecular weight is 309 g/mol. The van der Waals surface area contributed by atoms with Gasteiger partial charge in [-0.3, -0.25) is 4.79 Å². The molecular formula is C18H19N3O2. The number of carbonyl (C=O) groups is 1. The van der Waals surface area contributed by atoms with E-state index in [1.54, 1.807) is 32.4 Å². The number of para-hydroxylation sites is 1. The van der Waals surface area contributed by atoms with Crippen molar-refractivity contribution >= 4 is 16.9 Å². The Hall–Kier alpha value is -2.82. The van der Waals surface area contributed by atoms with E-state index in [4.69, 9.17) is 4.74 Å². The average Bonchev–Trinajstić information content (AvgIpc) is 2.96.